The summed E-state index contributed by atoms with van der Waals surface area (Å²) in [5, 5.41) is 6.54. The molecule has 0 radical (unpaired) electrons. The fourth-order valence-electron chi connectivity index (χ4n) is 1.82. The van der Waals surface area contributed by atoms with E-state index in [-0.39, 0.29) is 24.0 Å². The van der Waals surface area contributed by atoms with Gasteiger partial charge in [-0.3, -0.25) is 0 Å². The molecule has 0 spiro atoms. The van der Waals surface area contributed by atoms with E-state index in [1.54, 1.807) is 0 Å². The van der Waals surface area contributed by atoms with Crippen molar-refractivity contribution in [2.45, 2.75) is 13.5 Å². The van der Waals surface area contributed by atoms with E-state index in [9.17, 15) is 0 Å². The molecule has 0 unspecified atom stereocenters. The zero-order chi connectivity index (χ0) is 14.2. The van der Waals surface area contributed by atoms with Crippen molar-refractivity contribution in [3.05, 3.63) is 23.8 Å². The highest BCUT2D eigenvalue weighted by Crippen LogP contribution is 2.32. The van der Waals surface area contributed by atoms with Gasteiger partial charge in [-0.2, -0.15) is 11.8 Å². The highest BCUT2D eigenvalue weighted by atomic mass is 127. The van der Waals surface area contributed by atoms with Crippen LogP contribution in [0.4, 0.5) is 0 Å². The van der Waals surface area contributed by atoms with Crippen molar-refractivity contribution < 1.29 is 9.47 Å². The highest BCUT2D eigenvalue weighted by Gasteiger charge is 2.12. The van der Waals surface area contributed by atoms with Gasteiger partial charge >= 0.3 is 0 Å². The number of nitrogens with zero attached hydrogens (tertiary/aromatic N) is 1. The number of guanidine groups is 1. The Morgan fingerprint density at radius 3 is 2.86 bits per heavy atom. The van der Waals surface area contributed by atoms with Gasteiger partial charge in [0, 0.05) is 18.8 Å². The third-order valence-corrected chi connectivity index (χ3v) is 3.41. The molecule has 5 nitrogen and oxygen atoms in total. The van der Waals surface area contributed by atoms with E-state index >= 15 is 0 Å². The largest absolute Gasteiger partial charge is 0.454 e. The zero-order valence-electron chi connectivity index (χ0n) is 12.3. The van der Waals surface area contributed by atoms with Crippen LogP contribution in [0.3, 0.4) is 0 Å². The molecule has 0 atom stereocenters. The van der Waals surface area contributed by atoms with Crippen LogP contribution in [0, 0.1) is 0 Å². The molecule has 1 heterocycles. The number of nitrogens with one attached hydrogen (secondary N) is 2. The summed E-state index contributed by atoms with van der Waals surface area (Å²) in [6.07, 6.45) is 2.10. The maximum atomic E-state index is 5.37. The molecule has 1 aliphatic rings. The van der Waals surface area contributed by atoms with Gasteiger partial charge in [0.15, 0.2) is 17.5 Å². The van der Waals surface area contributed by atoms with Crippen LogP contribution in [0.5, 0.6) is 11.5 Å². The first kappa shape index (κ1) is 18.2. The predicted molar refractivity (Wildman–Crippen MR) is 99.2 cm³/mol. The molecule has 0 aromatic heterocycles. The zero-order valence-corrected chi connectivity index (χ0v) is 15.5. The lowest BCUT2D eigenvalue weighted by molar-refractivity contribution is 0.174. The van der Waals surface area contributed by atoms with Gasteiger partial charge < -0.3 is 20.1 Å². The molecule has 0 amide bonds. The van der Waals surface area contributed by atoms with E-state index in [2.05, 4.69) is 28.8 Å². The minimum absolute atomic E-state index is 0. The first-order chi connectivity index (χ1) is 9.83. The normalized spacial score (nSPS) is 12.8. The Bertz CT molecular complexity index is 472. The van der Waals surface area contributed by atoms with Crippen molar-refractivity contribution in [2.75, 3.05) is 31.9 Å². The molecule has 2 N–H and O–H groups in total. The average molecular weight is 423 g/mol. The van der Waals surface area contributed by atoms with Crippen molar-refractivity contribution in [3.8, 4) is 11.5 Å². The number of thioether (sulfide) groups is 1. The van der Waals surface area contributed by atoms with Crippen molar-refractivity contribution >= 4 is 41.7 Å². The Kier molecular flexibility index (Phi) is 8.67. The first-order valence-corrected chi connectivity index (χ1v) is 8.12. The van der Waals surface area contributed by atoms with Crippen LogP contribution in [0.15, 0.2) is 23.2 Å². The van der Waals surface area contributed by atoms with Gasteiger partial charge in [0.1, 0.15) is 0 Å². The number of ether oxygens (including phenoxy) is 2. The summed E-state index contributed by atoms with van der Waals surface area (Å²) in [6.45, 7) is 4.75. The number of aliphatic imine (C=N–C) groups is 1. The molecule has 21 heavy (non-hydrogen) atoms. The molecule has 118 valence electrons. The summed E-state index contributed by atoms with van der Waals surface area (Å²) in [5.41, 5.74) is 1.11. The topological polar surface area (TPSA) is 54.9 Å². The fraction of sp³-hybridized carbons (Fsp3) is 0.500. The van der Waals surface area contributed by atoms with E-state index in [0.29, 0.717) is 13.3 Å². The van der Waals surface area contributed by atoms with Crippen LogP contribution >= 0.6 is 35.7 Å². The quantitative estimate of drug-likeness (QED) is 0.319. The lowest BCUT2D eigenvalue weighted by Gasteiger charge is -2.10. The number of fused-ring (bicyclic) bond motifs is 1. The maximum absolute atomic E-state index is 5.37. The Morgan fingerprint density at radius 1 is 1.29 bits per heavy atom. The highest BCUT2D eigenvalue weighted by molar-refractivity contribution is 14.0. The molecule has 0 aliphatic carbocycles. The van der Waals surface area contributed by atoms with Gasteiger partial charge in [0.25, 0.3) is 0 Å². The Hall–Kier alpha value is -0.830. The Morgan fingerprint density at radius 2 is 2.10 bits per heavy atom. The van der Waals surface area contributed by atoms with Crippen molar-refractivity contribution in [3.63, 3.8) is 0 Å². The van der Waals surface area contributed by atoms with Gasteiger partial charge in [-0.25, -0.2) is 4.99 Å². The third kappa shape index (κ3) is 5.82. The molecule has 1 aromatic carbocycles. The van der Waals surface area contributed by atoms with Crippen molar-refractivity contribution in [1.82, 2.24) is 10.6 Å². The first-order valence-electron chi connectivity index (χ1n) is 6.73. The van der Waals surface area contributed by atoms with Crippen molar-refractivity contribution in [1.29, 1.82) is 0 Å². The predicted octanol–water partition coefficient (Wildman–Crippen LogP) is 2.45. The monoisotopic (exact) mass is 423 g/mol. The molecule has 0 saturated heterocycles. The second-order valence-corrected chi connectivity index (χ2v) is 5.29. The van der Waals surface area contributed by atoms with E-state index in [4.69, 9.17) is 9.47 Å². The van der Waals surface area contributed by atoms with Crippen molar-refractivity contribution in [2.24, 2.45) is 4.99 Å². The second kappa shape index (κ2) is 9.99. The van der Waals surface area contributed by atoms with Crippen LogP contribution in [-0.4, -0.2) is 37.9 Å². The standard InChI is InChI=1S/C14H21N3O2S.HI/c1-3-15-14(16-6-7-20-2)17-9-11-4-5-12-13(8-11)19-10-18-12;/h4-5,8H,3,6-7,9-10H2,1-2H3,(H2,15,16,17);1H. The fourth-order valence-corrected chi connectivity index (χ4v) is 2.13. The van der Waals surface area contributed by atoms with Crippen LogP contribution in [0.25, 0.3) is 0 Å². The van der Waals surface area contributed by atoms with Gasteiger partial charge in [-0.05, 0) is 30.9 Å². The van der Waals surface area contributed by atoms with E-state index in [1.807, 2.05) is 30.0 Å². The molecular formula is C14H22IN3O2S. The molecule has 0 bridgehead atoms. The second-order valence-electron chi connectivity index (χ2n) is 4.30. The number of hydrogen-bond donors (Lipinski definition) is 2. The summed E-state index contributed by atoms with van der Waals surface area (Å²) in [7, 11) is 0. The SMILES string of the molecule is CCNC(=NCc1ccc2c(c1)OCO2)NCCSC.I. The lowest BCUT2D eigenvalue weighted by Crippen LogP contribution is -2.38. The Balaban J connectivity index is 0.00000220. The van der Waals surface area contributed by atoms with Gasteiger partial charge in [-0.15, -0.1) is 24.0 Å². The number of hydrogen-bond acceptors (Lipinski definition) is 4. The van der Waals surface area contributed by atoms with E-state index in [1.165, 1.54) is 0 Å². The molecule has 2 rings (SSSR count). The van der Waals surface area contributed by atoms with Crippen LogP contribution < -0.4 is 20.1 Å². The summed E-state index contributed by atoms with van der Waals surface area (Å²) < 4.78 is 10.7. The van der Waals surface area contributed by atoms with Gasteiger partial charge in [0.2, 0.25) is 6.79 Å². The number of benzene rings is 1. The number of halogens is 1. The summed E-state index contributed by atoms with van der Waals surface area (Å²) in [5.74, 6) is 3.52. The Labute approximate surface area is 147 Å². The third-order valence-electron chi connectivity index (χ3n) is 2.80. The van der Waals surface area contributed by atoms with Crippen LogP contribution in [0.2, 0.25) is 0 Å². The van der Waals surface area contributed by atoms with E-state index in [0.717, 1.165) is 41.9 Å². The number of rotatable bonds is 6. The smallest absolute Gasteiger partial charge is 0.231 e. The molecule has 0 saturated carbocycles. The molecule has 1 aromatic rings. The summed E-state index contributed by atoms with van der Waals surface area (Å²) in [6, 6.07) is 5.93. The molecule has 1 aliphatic heterocycles. The molecule has 0 fully saturated rings. The lowest BCUT2D eigenvalue weighted by atomic mass is 10.2. The average Bonchev–Trinajstić information content (AvgIpc) is 2.92. The van der Waals surface area contributed by atoms with Crippen LogP contribution in [-0.2, 0) is 6.54 Å². The molecular weight excluding hydrogens is 401 g/mol. The van der Waals surface area contributed by atoms with Crippen LogP contribution in [0.1, 0.15) is 12.5 Å². The van der Waals surface area contributed by atoms with Gasteiger partial charge in [-0.1, -0.05) is 6.07 Å². The minimum Gasteiger partial charge on any atom is -0.454 e. The maximum Gasteiger partial charge on any atom is 0.231 e. The molecule has 7 heteroatoms. The summed E-state index contributed by atoms with van der Waals surface area (Å²) >= 11 is 1.81. The van der Waals surface area contributed by atoms with E-state index < -0.39 is 0 Å². The van der Waals surface area contributed by atoms with Gasteiger partial charge in [0.05, 0.1) is 6.54 Å². The summed E-state index contributed by atoms with van der Waals surface area (Å²) in [4.78, 5) is 4.57. The minimum atomic E-state index is 0.